The van der Waals surface area contributed by atoms with Gasteiger partial charge in [0, 0.05) is 18.7 Å². The maximum atomic E-state index is 13.7. The van der Waals surface area contributed by atoms with Crippen LogP contribution in [0.4, 0.5) is 10.3 Å². The number of fused-ring (bicyclic) bond motifs is 1. The van der Waals surface area contributed by atoms with Crippen LogP contribution in [0, 0.1) is 5.82 Å². The van der Waals surface area contributed by atoms with Gasteiger partial charge in [0.25, 0.3) is 0 Å². The molecule has 1 aromatic carbocycles. The Morgan fingerprint density at radius 2 is 2.10 bits per heavy atom. The van der Waals surface area contributed by atoms with Gasteiger partial charge in [-0.1, -0.05) is 11.6 Å². The van der Waals surface area contributed by atoms with E-state index in [1.807, 2.05) is 4.57 Å². The Labute approximate surface area is 122 Å². The van der Waals surface area contributed by atoms with Crippen LogP contribution in [0.3, 0.4) is 0 Å². The van der Waals surface area contributed by atoms with Crippen LogP contribution in [0.5, 0.6) is 0 Å². The highest BCUT2D eigenvalue weighted by Gasteiger charge is 2.20. The fourth-order valence-electron chi connectivity index (χ4n) is 2.99. The average Bonchev–Trinajstić information content (AvgIpc) is 2.97. The molecule has 0 radical (unpaired) electrons. The molecule has 1 aliphatic heterocycles. The summed E-state index contributed by atoms with van der Waals surface area (Å²) in [5.74, 6) is -0.0259. The largest absolute Gasteiger partial charge is 0.369 e. The summed E-state index contributed by atoms with van der Waals surface area (Å²) in [7, 11) is 0. The van der Waals surface area contributed by atoms with Gasteiger partial charge in [0.2, 0.25) is 5.95 Å². The lowest BCUT2D eigenvalue weighted by molar-refractivity contribution is 0.291. The number of benzene rings is 1. The van der Waals surface area contributed by atoms with Crippen molar-refractivity contribution in [2.45, 2.75) is 25.8 Å². The van der Waals surface area contributed by atoms with Gasteiger partial charge in [-0.15, -0.1) is 0 Å². The number of nitrogens with zero attached hydrogens (tertiary/aromatic N) is 3. The van der Waals surface area contributed by atoms with Crippen molar-refractivity contribution in [2.24, 2.45) is 0 Å². The third-order valence-electron chi connectivity index (χ3n) is 3.92. The highest BCUT2D eigenvalue weighted by Crippen LogP contribution is 2.28. The molecule has 1 atom stereocenters. The van der Waals surface area contributed by atoms with Crippen molar-refractivity contribution >= 4 is 28.6 Å². The highest BCUT2D eigenvalue weighted by molar-refractivity contribution is 6.31. The monoisotopic (exact) mass is 296 g/mol. The van der Waals surface area contributed by atoms with Gasteiger partial charge in [0.05, 0.1) is 16.1 Å². The summed E-state index contributed by atoms with van der Waals surface area (Å²) in [6.45, 7) is 5.23. The van der Waals surface area contributed by atoms with Crippen molar-refractivity contribution in [3.63, 3.8) is 0 Å². The van der Waals surface area contributed by atoms with Crippen molar-refractivity contribution in [3.8, 4) is 0 Å². The van der Waals surface area contributed by atoms with Gasteiger partial charge in [-0.2, -0.15) is 0 Å². The summed E-state index contributed by atoms with van der Waals surface area (Å²) < 4.78 is 15.6. The molecule has 1 aromatic heterocycles. The maximum absolute atomic E-state index is 13.7. The molecule has 1 aliphatic rings. The first-order valence-electron chi connectivity index (χ1n) is 6.91. The lowest BCUT2D eigenvalue weighted by atomic mass is 10.2. The second-order valence-electron chi connectivity index (χ2n) is 5.45. The number of aromatic nitrogens is 2. The number of likely N-dealkylation sites (tertiary alicyclic amines) is 1. The molecule has 0 amide bonds. The Balaban J connectivity index is 1.97. The molecule has 1 unspecified atom stereocenters. The van der Waals surface area contributed by atoms with E-state index in [1.54, 1.807) is 0 Å². The van der Waals surface area contributed by atoms with Crippen molar-refractivity contribution in [1.82, 2.24) is 14.5 Å². The lowest BCUT2D eigenvalue weighted by Crippen LogP contribution is -2.27. The van der Waals surface area contributed by atoms with Gasteiger partial charge in [0.15, 0.2) is 0 Å². The number of halogens is 2. The number of nitrogens with two attached hydrogens (primary N) is 1. The zero-order valence-electron chi connectivity index (χ0n) is 11.4. The summed E-state index contributed by atoms with van der Waals surface area (Å²) in [6.07, 6.45) is 2.49. The van der Waals surface area contributed by atoms with Crippen molar-refractivity contribution in [1.29, 1.82) is 0 Å². The molecule has 1 fully saturated rings. The number of hydrogen-bond acceptors (Lipinski definition) is 3. The Hall–Kier alpha value is -1.33. The molecule has 0 bridgehead atoms. The zero-order valence-corrected chi connectivity index (χ0v) is 12.2. The van der Waals surface area contributed by atoms with Gasteiger partial charge >= 0.3 is 0 Å². The summed E-state index contributed by atoms with van der Waals surface area (Å²) in [5, 5.41) is 0.0781. The third-order valence-corrected chi connectivity index (χ3v) is 4.21. The summed E-state index contributed by atoms with van der Waals surface area (Å²) in [4.78, 5) is 6.69. The Kier molecular flexibility index (Phi) is 3.56. The molecule has 0 saturated carbocycles. The third kappa shape index (κ3) is 2.36. The zero-order chi connectivity index (χ0) is 14.3. The molecule has 1 saturated heterocycles. The smallest absolute Gasteiger partial charge is 0.201 e. The Morgan fingerprint density at radius 1 is 1.40 bits per heavy atom. The van der Waals surface area contributed by atoms with Crippen LogP contribution in [-0.4, -0.2) is 34.1 Å². The molecule has 2 N–H and O–H groups in total. The topological polar surface area (TPSA) is 47.1 Å². The minimum Gasteiger partial charge on any atom is -0.369 e. The van der Waals surface area contributed by atoms with Crippen LogP contribution >= 0.6 is 11.6 Å². The van der Waals surface area contributed by atoms with Crippen molar-refractivity contribution in [3.05, 3.63) is 23.0 Å². The second kappa shape index (κ2) is 5.22. The maximum Gasteiger partial charge on any atom is 0.201 e. The van der Waals surface area contributed by atoms with Crippen LogP contribution in [0.2, 0.25) is 5.02 Å². The molecule has 4 nitrogen and oxygen atoms in total. The highest BCUT2D eigenvalue weighted by atomic mass is 35.5. The molecule has 2 aromatic rings. The van der Waals surface area contributed by atoms with Crippen molar-refractivity contribution in [2.75, 3.05) is 25.4 Å². The molecule has 3 rings (SSSR count). The number of hydrogen-bond donors (Lipinski definition) is 1. The molecule has 6 heteroatoms. The minimum atomic E-state index is -0.436. The summed E-state index contributed by atoms with van der Waals surface area (Å²) >= 11 is 5.79. The summed E-state index contributed by atoms with van der Waals surface area (Å²) in [5.41, 5.74) is 7.34. The van der Waals surface area contributed by atoms with E-state index in [0.29, 0.717) is 17.0 Å². The molecular weight excluding hydrogens is 279 g/mol. The Morgan fingerprint density at radius 3 is 2.80 bits per heavy atom. The van der Waals surface area contributed by atoms with Gasteiger partial charge in [-0.3, -0.25) is 0 Å². The van der Waals surface area contributed by atoms with E-state index < -0.39 is 5.82 Å². The quantitative estimate of drug-likeness (QED) is 0.947. The van der Waals surface area contributed by atoms with Crippen LogP contribution < -0.4 is 5.73 Å². The Bertz CT molecular complexity index is 634. The van der Waals surface area contributed by atoms with Gasteiger partial charge in [-0.25, -0.2) is 9.37 Å². The lowest BCUT2D eigenvalue weighted by Gasteiger charge is -2.22. The van der Waals surface area contributed by atoms with Gasteiger partial charge < -0.3 is 15.2 Å². The molecule has 108 valence electrons. The number of imidazole rings is 1. The fourth-order valence-corrected chi connectivity index (χ4v) is 3.15. The number of rotatable bonds is 3. The van der Waals surface area contributed by atoms with Crippen LogP contribution in [0.25, 0.3) is 11.0 Å². The minimum absolute atomic E-state index is 0.0781. The van der Waals surface area contributed by atoms with Crippen LogP contribution in [0.1, 0.15) is 25.8 Å². The molecule has 20 heavy (non-hydrogen) atoms. The van der Waals surface area contributed by atoms with E-state index in [2.05, 4.69) is 16.8 Å². The first-order valence-corrected chi connectivity index (χ1v) is 7.29. The normalized spacial score (nSPS) is 17.9. The number of nitrogen functional groups attached to an aromatic ring is 1. The number of anilines is 1. The standard InChI is InChI=1S/C14H18ClFN4/c1-9(8-19-4-2-3-5-19)20-13-7-11(16)10(15)6-12(13)18-14(20)17/h6-7,9H,2-5,8H2,1H3,(H2,17,18). The van der Waals surface area contributed by atoms with E-state index >= 15 is 0 Å². The van der Waals surface area contributed by atoms with E-state index in [4.69, 9.17) is 17.3 Å². The summed E-state index contributed by atoms with van der Waals surface area (Å²) in [6, 6.07) is 3.10. The SMILES string of the molecule is CC(CN1CCCC1)n1c(N)nc2cc(Cl)c(F)cc21. The first-order chi connectivity index (χ1) is 9.56. The molecule has 2 heterocycles. The fraction of sp³-hybridized carbons (Fsp3) is 0.500. The van der Waals surface area contributed by atoms with Gasteiger partial charge in [-0.05, 0) is 38.9 Å². The first kappa shape index (κ1) is 13.6. The van der Waals surface area contributed by atoms with Crippen LogP contribution in [0.15, 0.2) is 12.1 Å². The van der Waals surface area contributed by atoms with E-state index in [0.717, 1.165) is 19.6 Å². The van der Waals surface area contributed by atoms with E-state index in [-0.39, 0.29) is 11.1 Å². The average molecular weight is 297 g/mol. The predicted molar refractivity (Wildman–Crippen MR) is 79.5 cm³/mol. The van der Waals surface area contributed by atoms with E-state index in [1.165, 1.54) is 25.0 Å². The van der Waals surface area contributed by atoms with Gasteiger partial charge in [0.1, 0.15) is 5.82 Å². The second-order valence-corrected chi connectivity index (χ2v) is 5.86. The predicted octanol–water partition coefficient (Wildman–Crippen LogP) is 3.07. The molecule has 0 spiro atoms. The van der Waals surface area contributed by atoms with Crippen LogP contribution in [-0.2, 0) is 0 Å². The van der Waals surface area contributed by atoms with E-state index in [9.17, 15) is 4.39 Å². The molecule has 0 aliphatic carbocycles. The molecular formula is C14H18ClFN4. The van der Waals surface area contributed by atoms with Crippen molar-refractivity contribution < 1.29 is 4.39 Å².